The molecule has 2 heterocycles. The van der Waals surface area contributed by atoms with Crippen molar-refractivity contribution in [2.45, 2.75) is 63.2 Å². The molecule has 32 heavy (non-hydrogen) atoms. The highest BCUT2D eigenvalue weighted by Crippen LogP contribution is 2.66. The van der Waals surface area contributed by atoms with Crippen molar-refractivity contribution in [3.8, 4) is 0 Å². The third kappa shape index (κ3) is 4.30. The molecule has 0 spiro atoms. The van der Waals surface area contributed by atoms with Gasteiger partial charge in [-0.25, -0.2) is 14.4 Å². The molecule has 0 bridgehead atoms. The van der Waals surface area contributed by atoms with Crippen LogP contribution >= 0.6 is 7.75 Å². The molecule has 2 fully saturated rings. The van der Waals surface area contributed by atoms with Crippen molar-refractivity contribution in [2.75, 3.05) is 12.3 Å². The summed E-state index contributed by atoms with van der Waals surface area (Å²) in [6.45, 7) is 5.09. The van der Waals surface area contributed by atoms with Gasteiger partial charge in [-0.1, -0.05) is 13.8 Å². The molecule has 1 aromatic rings. The third-order valence-electron chi connectivity index (χ3n) is 5.11. The zero-order valence-corrected chi connectivity index (χ0v) is 18.4. The van der Waals surface area contributed by atoms with Crippen molar-refractivity contribution >= 4 is 19.5 Å². The van der Waals surface area contributed by atoms with E-state index in [1.54, 1.807) is 20.8 Å². The average Bonchev–Trinajstić information content (AvgIpc) is 3.14. The van der Waals surface area contributed by atoms with Gasteiger partial charge in [-0.3, -0.25) is 13.9 Å². The molecule has 1 aliphatic carbocycles. The van der Waals surface area contributed by atoms with Crippen LogP contribution < -0.4 is 16.5 Å². The highest BCUT2D eigenvalue weighted by atomic mass is 31.2. The second kappa shape index (κ2) is 8.43. The van der Waals surface area contributed by atoms with E-state index in [1.165, 1.54) is 0 Å². The molecule has 0 amide bonds. The molecule has 1 aliphatic heterocycles. The molecular formula is C17H25F2N4O8P. The molecule has 12 nitrogen and oxygen atoms in total. The van der Waals surface area contributed by atoms with Gasteiger partial charge in [0, 0.05) is 6.20 Å². The first-order valence-corrected chi connectivity index (χ1v) is 11.4. The number of aliphatic hydroxyl groups is 1. The number of hydrogen-bond acceptors (Lipinski definition) is 9. The van der Waals surface area contributed by atoms with E-state index in [-0.39, 0.29) is 24.8 Å². The monoisotopic (exact) mass is 482 g/mol. The van der Waals surface area contributed by atoms with E-state index in [4.69, 9.17) is 19.7 Å². The van der Waals surface area contributed by atoms with Gasteiger partial charge in [-0.2, -0.15) is 13.8 Å². The second-order valence-electron chi connectivity index (χ2n) is 8.01. The summed E-state index contributed by atoms with van der Waals surface area (Å²) in [5.74, 6) is -5.17. The van der Waals surface area contributed by atoms with Crippen LogP contribution in [0.1, 0.15) is 33.4 Å². The minimum absolute atomic E-state index is 0.0248. The van der Waals surface area contributed by atoms with Crippen LogP contribution in [0.4, 0.5) is 14.6 Å². The Hall–Kier alpha value is -1.96. The van der Waals surface area contributed by atoms with Crippen LogP contribution in [-0.4, -0.2) is 61.9 Å². The molecule has 0 aromatic carbocycles. The number of ether oxygens (including phenoxy) is 2. The molecule has 6 atom stereocenters. The van der Waals surface area contributed by atoms with E-state index in [0.29, 0.717) is 4.57 Å². The Bertz CT molecular complexity index is 992. The first kappa shape index (κ1) is 24.7. The fourth-order valence-corrected chi connectivity index (χ4v) is 4.81. The van der Waals surface area contributed by atoms with Gasteiger partial charge in [-0.05, 0) is 25.3 Å². The lowest BCUT2D eigenvalue weighted by Gasteiger charge is -2.28. The van der Waals surface area contributed by atoms with E-state index in [1.807, 2.05) is 0 Å². The Morgan fingerprint density at radius 2 is 2.16 bits per heavy atom. The minimum atomic E-state index is -4.86. The molecule has 2 aliphatic rings. The number of nitrogens with zero attached hydrogens (tertiary/aromatic N) is 2. The third-order valence-corrected chi connectivity index (χ3v) is 6.26. The SMILES string of the molecule is CCOC(=O)[C@H](CC(C)C)NP(=O)(O)OC1[C@H]2O[C@@H](n3ccc(N)nc3=O)C(F)(F)[C@@]12O. The van der Waals surface area contributed by atoms with E-state index in [9.17, 15) is 32.9 Å². The normalized spacial score (nSPS) is 31.1. The number of hydrogen-bond donors (Lipinski definition) is 4. The summed E-state index contributed by atoms with van der Waals surface area (Å²) in [5, 5.41) is 12.6. The van der Waals surface area contributed by atoms with Gasteiger partial charge in [0.25, 0.3) is 0 Å². The number of anilines is 1. The van der Waals surface area contributed by atoms with Gasteiger partial charge in [0.15, 0.2) is 5.60 Å². The molecule has 2 unspecified atom stereocenters. The highest BCUT2D eigenvalue weighted by Gasteiger charge is 2.88. The largest absolute Gasteiger partial charge is 0.465 e. The fourth-order valence-electron chi connectivity index (χ4n) is 3.57. The molecule has 5 N–H and O–H groups in total. The zero-order chi connectivity index (χ0) is 24.1. The van der Waals surface area contributed by atoms with Crippen LogP contribution in [0.2, 0.25) is 0 Å². The molecule has 180 valence electrons. The number of carbonyl (C=O) groups is 1. The topological polar surface area (TPSA) is 175 Å². The summed E-state index contributed by atoms with van der Waals surface area (Å²) in [4.78, 5) is 37.4. The number of rotatable bonds is 9. The summed E-state index contributed by atoms with van der Waals surface area (Å²) in [7, 11) is -4.86. The van der Waals surface area contributed by atoms with Crippen LogP contribution in [0.3, 0.4) is 0 Å². The van der Waals surface area contributed by atoms with Gasteiger partial charge < -0.3 is 25.2 Å². The van der Waals surface area contributed by atoms with Gasteiger partial charge >= 0.3 is 25.3 Å². The van der Waals surface area contributed by atoms with Crippen LogP contribution in [0.25, 0.3) is 0 Å². The summed E-state index contributed by atoms with van der Waals surface area (Å²) in [6.07, 6.45) is -4.79. The second-order valence-corrected chi connectivity index (χ2v) is 9.52. The summed E-state index contributed by atoms with van der Waals surface area (Å²) in [5.41, 5.74) is 1.23. The maximum atomic E-state index is 14.9. The predicted molar refractivity (Wildman–Crippen MR) is 104 cm³/mol. The van der Waals surface area contributed by atoms with Gasteiger partial charge in [0.2, 0.25) is 6.23 Å². The number of nitrogen functional groups attached to an aromatic ring is 1. The lowest BCUT2D eigenvalue weighted by atomic mass is 10.1. The molecule has 3 rings (SSSR count). The van der Waals surface area contributed by atoms with Crippen LogP contribution in [0.5, 0.6) is 0 Å². The number of halogens is 2. The number of nitrogens with two attached hydrogens (primary N) is 1. The van der Waals surface area contributed by atoms with Crippen molar-refractivity contribution in [2.24, 2.45) is 5.92 Å². The van der Waals surface area contributed by atoms with Crippen LogP contribution in [0.15, 0.2) is 17.1 Å². The van der Waals surface area contributed by atoms with Gasteiger partial charge in [0.05, 0.1) is 6.61 Å². The Morgan fingerprint density at radius 1 is 1.50 bits per heavy atom. The summed E-state index contributed by atoms with van der Waals surface area (Å²) < 4.78 is 57.6. The quantitative estimate of drug-likeness (QED) is 0.279. The van der Waals surface area contributed by atoms with Crippen molar-refractivity contribution < 1.29 is 42.1 Å². The van der Waals surface area contributed by atoms with Crippen LogP contribution in [0, 0.1) is 5.92 Å². The molecule has 1 aromatic heterocycles. The van der Waals surface area contributed by atoms with Crippen molar-refractivity contribution in [1.82, 2.24) is 14.6 Å². The number of esters is 1. The fraction of sp³-hybridized carbons (Fsp3) is 0.706. The number of aromatic nitrogens is 2. The van der Waals surface area contributed by atoms with E-state index < -0.39 is 55.4 Å². The number of nitrogens with one attached hydrogen (secondary N) is 1. The van der Waals surface area contributed by atoms with Crippen molar-refractivity contribution in [3.63, 3.8) is 0 Å². The number of fused-ring (bicyclic) bond motifs is 1. The Balaban J connectivity index is 1.74. The van der Waals surface area contributed by atoms with Gasteiger partial charge in [-0.15, -0.1) is 0 Å². The predicted octanol–water partition coefficient (Wildman–Crippen LogP) is 0.156. The maximum absolute atomic E-state index is 14.9. The molecule has 0 radical (unpaired) electrons. The summed E-state index contributed by atoms with van der Waals surface area (Å²) >= 11 is 0. The molecule has 1 saturated carbocycles. The van der Waals surface area contributed by atoms with Gasteiger partial charge in [0.1, 0.15) is 24.1 Å². The molecular weight excluding hydrogens is 457 g/mol. The molecule has 15 heteroatoms. The Labute approximate surface area is 181 Å². The lowest BCUT2D eigenvalue weighted by Crippen LogP contribution is -2.47. The minimum Gasteiger partial charge on any atom is -0.465 e. The van der Waals surface area contributed by atoms with Crippen molar-refractivity contribution in [1.29, 1.82) is 0 Å². The smallest absolute Gasteiger partial charge is 0.404 e. The Morgan fingerprint density at radius 3 is 2.66 bits per heavy atom. The van der Waals surface area contributed by atoms with Crippen molar-refractivity contribution in [3.05, 3.63) is 22.7 Å². The number of carbonyl (C=O) groups excluding carboxylic acids is 1. The van der Waals surface area contributed by atoms with E-state index in [2.05, 4.69) is 10.1 Å². The Kier molecular flexibility index (Phi) is 6.50. The first-order chi connectivity index (χ1) is 14.7. The zero-order valence-electron chi connectivity index (χ0n) is 17.5. The molecule has 1 saturated heterocycles. The highest BCUT2D eigenvalue weighted by molar-refractivity contribution is 7.50. The first-order valence-electron chi connectivity index (χ1n) is 9.80. The average molecular weight is 482 g/mol. The standard InChI is InChI=1S/C17H25F2N4O8P/c1-4-29-13(24)9(7-8(2)3)22-32(27,28)31-12-11-16(12,26)17(18,19)14(30-11)23-6-5-10(20)21-15(23)25/h5-6,8-9,11-12,14,26H,4,7H2,1-3H3,(H2,20,21,25)(H2,22,27,28)/t9-,11+,12?,14+,16-/m0/s1. The van der Waals surface area contributed by atoms with Crippen LogP contribution in [-0.2, 0) is 23.4 Å². The van der Waals surface area contributed by atoms with E-state index in [0.717, 1.165) is 12.3 Å². The lowest BCUT2D eigenvalue weighted by molar-refractivity contribution is -0.195. The maximum Gasteiger partial charge on any atom is 0.404 e. The summed E-state index contributed by atoms with van der Waals surface area (Å²) in [6, 6.07) is -0.147. The van der Waals surface area contributed by atoms with E-state index >= 15 is 0 Å². The number of alkyl halides is 2.